The number of ether oxygens (including phenoxy) is 2. The molecule has 1 aromatic heterocycles. The fourth-order valence-corrected chi connectivity index (χ4v) is 4.21. The first-order valence-corrected chi connectivity index (χ1v) is 12.7. The molecule has 0 aliphatic heterocycles. The minimum atomic E-state index is -2.59. The number of rotatable bonds is 11. The largest absolute Gasteiger partial charge is 0.490 e. The van der Waals surface area contributed by atoms with Crippen molar-refractivity contribution >= 4 is 28.2 Å². The van der Waals surface area contributed by atoms with Gasteiger partial charge in [-0.2, -0.15) is 0 Å². The van der Waals surface area contributed by atoms with Crippen LogP contribution in [0.3, 0.4) is 0 Å². The molecule has 0 aliphatic carbocycles. The van der Waals surface area contributed by atoms with Crippen LogP contribution in [-0.4, -0.2) is 23.6 Å². The quantitative estimate of drug-likeness (QED) is 0.206. The van der Waals surface area contributed by atoms with Gasteiger partial charge in [0.2, 0.25) is 5.91 Å². The normalized spacial score (nSPS) is 12.0. The number of hydrogen-bond donors (Lipinski definition) is 3. The van der Waals surface area contributed by atoms with Crippen molar-refractivity contribution < 1.29 is 23.0 Å². The number of halogens is 2. The van der Waals surface area contributed by atoms with Gasteiger partial charge in [-0.1, -0.05) is 24.3 Å². The monoisotopic (exact) mass is 534 g/mol. The molecule has 0 fully saturated rings. The van der Waals surface area contributed by atoms with Gasteiger partial charge in [-0.25, -0.2) is 13.8 Å². The van der Waals surface area contributed by atoms with E-state index in [1.807, 2.05) is 45.0 Å². The summed E-state index contributed by atoms with van der Waals surface area (Å²) >= 11 is 0. The summed E-state index contributed by atoms with van der Waals surface area (Å²) in [5.41, 5.74) is 7.81. The average molecular weight is 535 g/mol. The highest BCUT2D eigenvalue weighted by atomic mass is 19.3. The predicted octanol–water partition coefficient (Wildman–Crippen LogP) is 6.41. The number of nitrogens with one attached hydrogen (secondary N) is 2. The number of carbonyl (C=O) groups is 1. The fraction of sp³-hybridized carbons (Fsp3) is 0.267. The summed E-state index contributed by atoms with van der Waals surface area (Å²) in [6, 6.07) is 17.9. The van der Waals surface area contributed by atoms with Crippen molar-refractivity contribution in [3.63, 3.8) is 0 Å². The van der Waals surface area contributed by atoms with Gasteiger partial charge in [-0.05, 0) is 79.7 Å². The number of nitrogens with zero attached hydrogens (tertiary/aromatic N) is 1. The number of fused-ring (bicyclic) bond motifs is 1. The Bertz CT molecular complexity index is 1450. The Kier molecular flexibility index (Phi) is 8.81. The van der Waals surface area contributed by atoms with E-state index in [9.17, 15) is 13.6 Å². The van der Waals surface area contributed by atoms with Gasteiger partial charge < -0.3 is 25.8 Å². The molecule has 0 spiro atoms. The van der Waals surface area contributed by atoms with Crippen molar-refractivity contribution in [1.82, 2.24) is 10.3 Å². The standard InChI is InChI=1S/C30H32F2N4O3/c1-4-38-26-16-21(8-11-25(26)39-18(2)3)27(30(37)35-17-19-6-5-7-22(14-19)28(31)32)36-23-9-10-24-20(15-23)12-13-34-29(24)33/h5-16,18,27-28,36H,4,17H2,1-3H3,(H2,33,34)(H,35,37). The molecule has 7 nitrogen and oxygen atoms in total. The van der Waals surface area contributed by atoms with Gasteiger partial charge in [-0.15, -0.1) is 0 Å². The number of carbonyl (C=O) groups excluding carboxylic acids is 1. The molecule has 1 atom stereocenters. The molecule has 9 heteroatoms. The number of aromatic nitrogens is 1. The minimum absolute atomic E-state index is 0.0594. The number of anilines is 2. The number of pyridine rings is 1. The van der Waals surface area contributed by atoms with Gasteiger partial charge in [-0.3, -0.25) is 4.79 Å². The van der Waals surface area contributed by atoms with Crippen molar-refractivity contribution in [2.45, 2.75) is 45.9 Å². The molecule has 0 aliphatic rings. The third kappa shape index (κ3) is 6.93. The molecule has 3 aromatic carbocycles. The van der Waals surface area contributed by atoms with Crippen LogP contribution in [0.4, 0.5) is 20.3 Å². The molecule has 0 saturated carbocycles. The molecule has 4 N–H and O–H groups in total. The van der Waals surface area contributed by atoms with Crippen LogP contribution in [0.5, 0.6) is 11.5 Å². The van der Waals surface area contributed by atoms with Crippen LogP contribution in [0, 0.1) is 0 Å². The molecule has 0 radical (unpaired) electrons. The Labute approximate surface area is 226 Å². The van der Waals surface area contributed by atoms with Crippen molar-refractivity contribution in [1.29, 1.82) is 0 Å². The molecule has 1 amide bonds. The Morgan fingerprint density at radius 2 is 1.82 bits per heavy atom. The fourth-order valence-electron chi connectivity index (χ4n) is 4.21. The summed E-state index contributed by atoms with van der Waals surface area (Å²) in [6.07, 6.45) is -1.02. The Morgan fingerprint density at radius 1 is 1.00 bits per heavy atom. The van der Waals surface area contributed by atoms with Crippen molar-refractivity contribution in [2.75, 3.05) is 17.7 Å². The molecule has 4 rings (SSSR count). The smallest absolute Gasteiger partial charge is 0.263 e. The van der Waals surface area contributed by atoms with Crippen molar-refractivity contribution in [2.24, 2.45) is 0 Å². The Hall–Kier alpha value is -4.40. The lowest BCUT2D eigenvalue weighted by atomic mass is 10.0. The zero-order chi connectivity index (χ0) is 27.9. The lowest BCUT2D eigenvalue weighted by molar-refractivity contribution is -0.122. The zero-order valence-electron chi connectivity index (χ0n) is 22.1. The summed E-state index contributed by atoms with van der Waals surface area (Å²) < 4.78 is 38.0. The highest BCUT2D eigenvalue weighted by Gasteiger charge is 2.23. The maximum absolute atomic E-state index is 13.6. The highest BCUT2D eigenvalue weighted by Crippen LogP contribution is 2.33. The average Bonchev–Trinajstić information content (AvgIpc) is 2.91. The van der Waals surface area contributed by atoms with Crippen LogP contribution in [0.25, 0.3) is 10.8 Å². The van der Waals surface area contributed by atoms with Gasteiger partial charge in [0.1, 0.15) is 11.9 Å². The van der Waals surface area contributed by atoms with Crippen LogP contribution in [-0.2, 0) is 11.3 Å². The summed E-state index contributed by atoms with van der Waals surface area (Å²) in [6.45, 7) is 6.23. The molecule has 39 heavy (non-hydrogen) atoms. The van der Waals surface area contributed by atoms with E-state index < -0.39 is 12.5 Å². The van der Waals surface area contributed by atoms with Gasteiger partial charge >= 0.3 is 0 Å². The van der Waals surface area contributed by atoms with E-state index >= 15 is 0 Å². The maximum Gasteiger partial charge on any atom is 0.263 e. The van der Waals surface area contributed by atoms with Crippen molar-refractivity contribution in [3.05, 3.63) is 89.6 Å². The third-order valence-electron chi connectivity index (χ3n) is 6.00. The molecule has 0 saturated heterocycles. The van der Waals surface area contributed by atoms with E-state index in [2.05, 4.69) is 15.6 Å². The Balaban J connectivity index is 1.66. The molecule has 0 bridgehead atoms. The number of alkyl halides is 2. The molecule has 1 heterocycles. The summed E-state index contributed by atoms with van der Waals surface area (Å²) in [4.78, 5) is 17.7. The topological polar surface area (TPSA) is 98.5 Å². The lowest BCUT2D eigenvalue weighted by Gasteiger charge is -2.22. The molecular formula is C30H32F2N4O3. The first-order chi connectivity index (χ1) is 18.7. The van der Waals surface area contributed by atoms with E-state index in [-0.39, 0.29) is 24.1 Å². The number of nitrogen functional groups attached to an aromatic ring is 1. The van der Waals surface area contributed by atoms with Crippen LogP contribution >= 0.6 is 0 Å². The zero-order valence-corrected chi connectivity index (χ0v) is 22.1. The van der Waals surface area contributed by atoms with Crippen LogP contribution in [0.2, 0.25) is 0 Å². The number of nitrogens with two attached hydrogens (primary N) is 1. The SMILES string of the molecule is CCOc1cc(C(Nc2ccc3c(N)nccc3c2)C(=O)NCc2cccc(C(F)F)c2)ccc1OC(C)C. The molecule has 204 valence electrons. The number of amides is 1. The van der Waals surface area contributed by atoms with Crippen molar-refractivity contribution in [3.8, 4) is 11.5 Å². The molecule has 4 aromatic rings. The third-order valence-corrected chi connectivity index (χ3v) is 6.00. The maximum atomic E-state index is 13.6. The second-order valence-corrected chi connectivity index (χ2v) is 9.28. The van der Waals surface area contributed by atoms with Crippen LogP contribution in [0.15, 0.2) is 72.9 Å². The minimum Gasteiger partial charge on any atom is -0.490 e. The predicted molar refractivity (Wildman–Crippen MR) is 149 cm³/mol. The second-order valence-electron chi connectivity index (χ2n) is 9.28. The Morgan fingerprint density at radius 3 is 2.56 bits per heavy atom. The molecular weight excluding hydrogens is 502 g/mol. The van der Waals surface area contributed by atoms with Crippen LogP contribution in [0.1, 0.15) is 49.9 Å². The first kappa shape index (κ1) is 27.6. The van der Waals surface area contributed by atoms with E-state index in [1.54, 1.807) is 36.5 Å². The molecule has 1 unspecified atom stereocenters. The van der Waals surface area contributed by atoms with Gasteiger partial charge in [0, 0.05) is 29.4 Å². The van der Waals surface area contributed by atoms with E-state index in [0.29, 0.717) is 40.7 Å². The summed E-state index contributed by atoms with van der Waals surface area (Å²) in [5.74, 6) is 1.17. The highest BCUT2D eigenvalue weighted by molar-refractivity contribution is 5.94. The second kappa shape index (κ2) is 12.4. The summed E-state index contributed by atoms with van der Waals surface area (Å²) in [5, 5.41) is 7.86. The first-order valence-electron chi connectivity index (χ1n) is 12.7. The lowest BCUT2D eigenvalue weighted by Crippen LogP contribution is -2.33. The van der Waals surface area contributed by atoms with E-state index in [4.69, 9.17) is 15.2 Å². The van der Waals surface area contributed by atoms with Gasteiger partial charge in [0.05, 0.1) is 12.7 Å². The van der Waals surface area contributed by atoms with Gasteiger partial charge in [0.25, 0.3) is 6.43 Å². The summed E-state index contributed by atoms with van der Waals surface area (Å²) in [7, 11) is 0. The number of benzene rings is 3. The van der Waals surface area contributed by atoms with E-state index in [0.717, 1.165) is 10.8 Å². The van der Waals surface area contributed by atoms with Crippen LogP contribution < -0.4 is 25.8 Å². The van der Waals surface area contributed by atoms with Gasteiger partial charge in [0.15, 0.2) is 11.5 Å². The number of hydrogen-bond acceptors (Lipinski definition) is 6. The van der Waals surface area contributed by atoms with E-state index in [1.165, 1.54) is 12.1 Å².